The minimum atomic E-state index is -0.374. The van der Waals surface area contributed by atoms with Crippen LogP contribution in [-0.4, -0.2) is 25.7 Å². The van der Waals surface area contributed by atoms with Gasteiger partial charge in [-0.15, -0.1) is 11.8 Å². The highest BCUT2D eigenvalue weighted by Crippen LogP contribution is 2.29. The fourth-order valence-electron chi connectivity index (χ4n) is 2.46. The Morgan fingerprint density at radius 3 is 2.62 bits per heavy atom. The number of carbonyl (C=O) groups excluding carboxylic acids is 1. The molecular formula is C16H14FN3O2S2. The zero-order valence-electron chi connectivity index (χ0n) is 13.1. The van der Waals surface area contributed by atoms with Crippen molar-refractivity contribution in [1.29, 1.82) is 0 Å². The summed E-state index contributed by atoms with van der Waals surface area (Å²) in [6.45, 7) is 0. The van der Waals surface area contributed by atoms with E-state index in [1.165, 1.54) is 45.2 Å². The summed E-state index contributed by atoms with van der Waals surface area (Å²) in [6.07, 6.45) is 0.511. The van der Waals surface area contributed by atoms with Crippen LogP contribution in [0.3, 0.4) is 0 Å². The number of benzene rings is 1. The Bertz CT molecular complexity index is 975. The fraction of sp³-hybridized carbons (Fsp3) is 0.250. The number of nitrogens with zero attached hydrogens (tertiary/aromatic N) is 3. The van der Waals surface area contributed by atoms with Gasteiger partial charge in [0.25, 0.3) is 0 Å². The van der Waals surface area contributed by atoms with E-state index in [9.17, 15) is 14.0 Å². The first-order valence-electron chi connectivity index (χ1n) is 7.16. The Morgan fingerprint density at radius 1 is 1.29 bits per heavy atom. The maximum absolute atomic E-state index is 12.9. The van der Waals surface area contributed by atoms with Gasteiger partial charge in [-0.3, -0.25) is 13.9 Å². The first-order chi connectivity index (χ1) is 11.4. The number of ketones is 1. The van der Waals surface area contributed by atoms with Gasteiger partial charge in [0.05, 0.1) is 10.8 Å². The summed E-state index contributed by atoms with van der Waals surface area (Å²) in [7, 11) is 3.28. The van der Waals surface area contributed by atoms with Crippen molar-refractivity contribution in [2.45, 2.75) is 6.42 Å². The highest BCUT2D eigenvalue weighted by molar-refractivity contribution is 8.14. The summed E-state index contributed by atoms with van der Waals surface area (Å²) in [6, 6.07) is 5.46. The molecule has 0 radical (unpaired) electrons. The van der Waals surface area contributed by atoms with E-state index in [2.05, 4.69) is 4.99 Å². The summed E-state index contributed by atoms with van der Waals surface area (Å²) < 4.78 is 16.2. The summed E-state index contributed by atoms with van der Waals surface area (Å²) in [5.74, 6) is 0.281. The maximum atomic E-state index is 12.9. The van der Waals surface area contributed by atoms with Crippen molar-refractivity contribution >= 4 is 40.6 Å². The third kappa shape index (κ3) is 2.99. The standard InChI is InChI=1S/C16H14FN3O2S2/c1-19-14-11(15(23)20(2)16(19)22)7-13(18-14)24-8-12(21)9-3-5-10(17)6-4-9/h3-6H,7-8H2,1-2H3. The summed E-state index contributed by atoms with van der Waals surface area (Å²) in [5.41, 5.74) is 1.06. The second-order valence-corrected chi connectivity index (χ2v) is 6.84. The molecule has 0 fully saturated rings. The molecule has 0 amide bonds. The van der Waals surface area contributed by atoms with Gasteiger partial charge in [0, 0.05) is 31.6 Å². The van der Waals surface area contributed by atoms with Crippen molar-refractivity contribution in [2.75, 3.05) is 5.75 Å². The average molecular weight is 363 g/mol. The van der Waals surface area contributed by atoms with Crippen LogP contribution in [0.4, 0.5) is 10.2 Å². The zero-order valence-corrected chi connectivity index (χ0v) is 14.7. The number of thioether (sulfide) groups is 1. The number of Topliss-reactive ketones (excluding diaryl/α,β-unsaturated/α-hetero) is 1. The van der Waals surface area contributed by atoms with E-state index in [-0.39, 0.29) is 23.0 Å². The maximum Gasteiger partial charge on any atom is 0.330 e. The summed E-state index contributed by atoms with van der Waals surface area (Å²) in [5, 5.41) is 0.743. The first kappa shape index (κ1) is 16.8. The molecule has 0 unspecified atom stereocenters. The van der Waals surface area contributed by atoms with Crippen LogP contribution in [0.2, 0.25) is 0 Å². The van der Waals surface area contributed by atoms with Crippen LogP contribution < -0.4 is 5.69 Å². The van der Waals surface area contributed by atoms with Crippen LogP contribution in [0.25, 0.3) is 0 Å². The van der Waals surface area contributed by atoms with Gasteiger partial charge in [-0.1, -0.05) is 12.2 Å². The normalized spacial score (nSPS) is 12.9. The van der Waals surface area contributed by atoms with E-state index in [1.807, 2.05) is 0 Å². The van der Waals surface area contributed by atoms with Gasteiger partial charge in [0.1, 0.15) is 16.3 Å². The van der Waals surface area contributed by atoms with E-state index in [1.54, 1.807) is 14.1 Å². The van der Waals surface area contributed by atoms with Gasteiger partial charge in [-0.2, -0.15) is 0 Å². The number of rotatable bonds is 3. The number of hydrogen-bond acceptors (Lipinski definition) is 5. The summed E-state index contributed by atoms with van der Waals surface area (Å²) in [4.78, 5) is 28.6. The number of carbonyl (C=O) groups is 1. The number of aromatic nitrogens is 2. The Morgan fingerprint density at radius 2 is 1.96 bits per heavy atom. The SMILES string of the molecule is Cn1c2c(c(=S)n(C)c1=O)CC(SCC(=O)c1ccc(F)cc1)=N2. The number of fused-ring (bicyclic) bond motifs is 1. The molecule has 124 valence electrons. The molecule has 1 aromatic carbocycles. The molecule has 0 atom stereocenters. The molecule has 0 N–H and O–H groups in total. The van der Waals surface area contributed by atoms with Crippen molar-refractivity contribution in [3.05, 3.63) is 56.3 Å². The Balaban J connectivity index is 1.76. The minimum Gasteiger partial charge on any atom is -0.293 e. The minimum absolute atomic E-state index is 0.100. The van der Waals surface area contributed by atoms with Crippen molar-refractivity contribution < 1.29 is 9.18 Å². The van der Waals surface area contributed by atoms with Crippen LogP contribution in [0.5, 0.6) is 0 Å². The zero-order chi connectivity index (χ0) is 17.4. The highest BCUT2D eigenvalue weighted by atomic mass is 32.2. The predicted octanol–water partition coefficient (Wildman–Crippen LogP) is 2.79. The molecule has 5 nitrogen and oxygen atoms in total. The third-order valence-corrected chi connectivity index (χ3v) is 5.31. The molecule has 3 rings (SSSR count). The van der Waals surface area contributed by atoms with Gasteiger partial charge in [0.15, 0.2) is 5.78 Å². The highest BCUT2D eigenvalue weighted by Gasteiger charge is 2.22. The molecule has 0 saturated carbocycles. The second-order valence-electron chi connectivity index (χ2n) is 5.41. The molecule has 1 aliphatic rings. The van der Waals surface area contributed by atoms with Crippen molar-refractivity contribution in [3.63, 3.8) is 0 Å². The molecule has 0 saturated heterocycles. The first-order valence-corrected chi connectivity index (χ1v) is 8.56. The lowest BCUT2D eigenvalue weighted by Gasteiger charge is -2.07. The monoisotopic (exact) mass is 363 g/mol. The van der Waals surface area contributed by atoms with Gasteiger partial charge < -0.3 is 0 Å². The molecule has 1 aromatic heterocycles. The average Bonchev–Trinajstić information content (AvgIpc) is 3.01. The molecule has 2 aromatic rings. The molecule has 8 heteroatoms. The Hall–Kier alpha value is -2.06. The lowest BCUT2D eigenvalue weighted by atomic mass is 10.1. The van der Waals surface area contributed by atoms with Crippen LogP contribution in [0, 0.1) is 10.5 Å². The molecule has 0 bridgehead atoms. The molecule has 0 spiro atoms. The van der Waals surface area contributed by atoms with Crippen LogP contribution in [0.1, 0.15) is 15.9 Å². The molecule has 0 aliphatic carbocycles. The Kier molecular flexibility index (Phi) is 4.51. The van der Waals surface area contributed by atoms with Crippen LogP contribution in [-0.2, 0) is 20.5 Å². The molecule has 1 aliphatic heterocycles. The molecule has 2 heterocycles. The smallest absolute Gasteiger partial charge is 0.293 e. The van der Waals surface area contributed by atoms with Crippen molar-refractivity contribution in [2.24, 2.45) is 19.1 Å². The number of hydrogen-bond donors (Lipinski definition) is 0. The summed E-state index contributed by atoms with van der Waals surface area (Å²) >= 11 is 6.62. The van der Waals surface area contributed by atoms with Crippen molar-refractivity contribution in [1.82, 2.24) is 9.13 Å². The van der Waals surface area contributed by atoms with Crippen LogP contribution >= 0.6 is 24.0 Å². The van der Waals surface area contributed by atoms with E-state index in [0.717, 1.165) is 10.6 Å². The van der Waals surface area contributed by atoms with Gasteiger partial charge in [0.2, 0.25) is 0 Å². The van der Waals surface area contributed by atoms with Crippen LogP contribution in [0.15, 0.2) is 34.1 Å². The lowest BCUT2D eigenvalue weighted by Crippen LogP contribution is -2.28. The molecule has 24 heavy (non-hydrogen) atoms. The van der Waals surface area contributed by atoms with E-state index in [0.29, 0.717) is 22.4 Å². The predicted molar refractivity (Wildman–Crippen MR) is 95.5 cm³/mol. The lowest BCUT2D eigenvalue weighted by molar-refractivity contribution is 0.102. The topological polar surface area (TPSA) is 56.4 Å². The van der Waals surface area contributed by atoms with E-state index in [4.69, 9.17) is 12.2 Å². The number of aliphatic imine (C=N–C) groups is 1. The molecular weight excluding hydrogens is 349 g/mol. The fourth-order valence-corrected chi connectivity index (χ4v) is 3.56. The van der Waals surface area contributed by atoms with E-state index < -0.39 is 0 Å². The largest absolute Gasteiger partial charge is 0.330 e. The quantitative estimate of drug-likeness (QED) is 0.622. The van der Waals surface area contributed by atoms with Crippen molar-refractivity contribution in [3.8, 4) is 0 Å². The van der Waals surface area contributed by atoms with E-state index >= 15 is 0 Å². The second kappa shape index (κ2) is 6.45. The number of halogens is 1. The van der Waals surface area contributed by atoms with Gasteiger partial charge >= 0.3 is 5.69 Å². The Labute approximate surface area is 146 Å². The van der Waals surface area contributed by atoms with Gasteiger partial charge in [-0.25, -0.2) is 14.2 Å². The van der Waals surface area contributed by atoms with Gasteiger partial charge in [-0.05, 0) is 24.3 Å². The third-order valence-electron chi connectivity index (χ3n) is 3.82.